The summed E-state index contributed by atoms with van der Waals surface area (Å²) in [7, 11) is 6.44. The van der Waals surface area contributed by atoms with Gasteiger partial charge in [0.2, 0.25) is 0 Å². The number of benzene rings is 2. The Morgan fingerprint density at radius 2 is 1.21 bits per heavy atom. The van der Waals surface area contributed by atoms with Crippen LogP contribution in [0.15, 0.2) is 97.5 Å². The molecule has 0 aliphatic carbocycles. The largest absolute Gasteiger partial charge is 0.359 e. The zero-order valence-corrected chi connectivity index (χ0v) is 23.7. The van der Waals surface area contributed by atoms with Crippen LogP contribution in [0, 0.1) is 0 Å². The Morgan fingerprint density at radius 1 is 0.579 bits per heavy atom. The van der Waals surface area contributed by atoms with E-state index in [2.05, 4.69) is 165 Å². The molecule has 5 aromatic rings. The summed E-state index contributed by atoms with van der Waals surface area (Å²) in [5.41, 5.74) is 9.97. The van der Waals surface area contributed by atoms with Gasteiger partial charge in [-0.25, -0.2) is 4.57 Å². The van der Waals surface area contributed by atoms with Crippen LogP contribution in [0.2, 0.25) is 0 Å². The SMILES string of the molecule is CC(C)c1cccc(C(C)C)c1-n1cc[n+](C)c1-c1cccc(-c2ccc(-c3ccccc3)c[n+]2C)[n+]1C. The van der Waals surface area contributed by atoms with Crippen LogP contribution in [0.4, 0.5) is 0 Å². The van der Waals surface area contributed by atoms with Crippen LogP contribution in [-0.4, -0.2) is 4.57 Å². The quantitative estimate of drug-likeness (QED) is 0.246. The number of pyridine rings is 2. The molecule has 0 fully saturated rings. The van der Waals surface area contributed by atoms with E-state index >= 15 is 0 Å². The van der Waals surface area contributed by atoms with E-state index in [-0.39, 0.29) is 0 Å². The lowest BCUT2D eigenvalue weighted by atomic mass is 9.92. The molecule has 4 nitrogen and oxygen atoms in total. The molecule has 192 valence electrons. The van der Waals surface area contributed by atoms with E-state index in [1.165, 1.54) is 39.3 Å². The Kier molecular flexibility index (Phi) is 6.98. The Hall–Kier alpha value is -4.05. The summed E-state index contributed by atoms with van der Waals surface area (Å²) >= 11 is 0. The molecule has 5 rings (SSSR count). The normalized spacial score (nSPS) is 11.5. The van der Waals surface area contributed by atoms with Crippen LogP contribution >= 0.6 is 0 Å². The van der Waals surface area contributed by atoms with Crippen molar-refractivity contribution in [3.63, 3.8) is 0 Å². The molecule has 0 aliphatic heterocycles. The molecule has 3 heterocycles. The second-order valence-corrected chi connectivity index (χ2v) is 10.8. The molecule has 0 bridgehead atoms. The Bertz CT molecular complexity index is 1570. The van der Waals surface area contributed by atoms with Crippen molar-refractivity contribution >= 4 is 0 Å². The lowest BCUT2D eigenvalue weighted by Crippen LogP contribution is -2.43. The van der Waals surface area contributed by atoms with E-state index < -0.39 is 0 Å². The van der Waals surface area contributed by atoms with Gasteiger partial charge in [0, 0.05) is 34.9 Å². The molecule has 0 radical (unpaired) electrons. The topological polar surface area (TPSA) is 16.6 Å². The number of hydrogen-bond donors (Lipinski definition) is 0. The third-order valence-corrected chi connectivity index (χ3v) is 7.55. The minimum absolute atomic E-state index is 0.423. The van der Waals surface area contributed by atoms with Crippen LogP contribution in [0.3, 0.4) is 0 Å². The predicted octanol–water partition coefficient (Wildman–Crippen LogP) is 6.20. The molecule has 0 aliphatic rings. The predicted molar refractivity (Wildman–Crippen MR) is 154 cm³/mol. The highest BCUT2D eigenvalue weighted by atomic mass is 15.2. The molecule has 0 saturated heterocycles. The maximum atomic E-state index is 2.39. The standard InChI is InChI=1S/C34H39N4/c1-24(2)28-15-11-16-29(25(3)4)33(28)38-22-21-35(5)34(38)32-18-12-17-31(37(32)7)30-20-19-27(23-36(30)6)26-13-9-8-10-14-26/h8-25H,1-7H3/q+3. The molecule has 0 amide bonds. The smallest absolute Gasteiger partial charge is 0.227 e. The number of hydrogen-bond acceptors (Lipinski definition) is 0. The summed E-state index contributed by atoms with van der Waals surface area (Å²) in [5, 5.41) is 0. The number of para-hydroxylation sites is 1. The minimum atomic E-state index is 0.423. The van der Waals surface area contributed by atoms with Gasteiger partial charge in [0.15, 0.2) is 6.20 Å². The zero-order valence-electron chi connectivity index (χ0n) is 23.7. The maximum Gasteiger partial charge on any atom is 0.359 e. The molecule has 3 aromatic heterocycles. The van der Waals surface area contributed by atoms with Gasteiger partial charge < -0.3 is 0 Å². The number of rotatable bonds is 6. The third-order valence-electron chi connectivity index (χ3n) is 7.55. The highest BCUT2D eigenvalue weighted by Crippen LogP contribution is 2.33. The molecular weight excluding hydrogens is 464 g/mol. The summed E-state index contributed by atoms with van der Waals surface area (Å²) in [6, 6.07) is 28.4. The van der Waals surface area contributed by atoms with Gasteiger partial charge in [0.05, 0.1) is 7.05 Å². The first-order chi connectivity index (χ1) is 18.3. The second kappa shape index (κ2) is 10.4. The highest BCUT2D eigenvalue weighted by molar-refractivity contribution is 5.63. The second-order valence-electron chi connectivity index (χ2n) is 10.8. The fourth-order valence-electron chi connectivity index (χ4n) is 5.49. The molecule has 0 atom stereocenters. The summed E-state index contributed by atoms with van der Waals surface area (Å²) in [4.78, 5) is 0. The van der Waals surface area contributed by atoms with Gasteiger partial charge in [-0.3, -0.25) is 0 Å². The van der Waals surface area contributed by atoms with Crippen LogP contribution in [0.5, 0.6) is 0 Å². The summed E-state index contributed by atoms with van der Waals surface area (Å²) in [5.74, 6) is 2.01. The zero-order chi connectivity index (χ0) is 27.0. The van der Waals surface area contributed by atoms with E-state index in [0.29, 0.717) is 11.8 Å². The van der Waals surface area contributed by atoms with E-state index in [1.54, 1.807) is 0 Å². The van der Waals surface area contributed by atoms with Crippen molar-refractivity contribution in [2.75, 3.05) is 0 Å². The van der Waals surface area contributed by atoms with Crippen LogP contribution in [-0.2, 0) is 21.1 Å². The molecule has 0 unspecified atom stereocenters. The number of aromatic nitrogens is 4. The number of nitrogens with zero attached hydrogens (tertiary/aromatic N) is 4. The maximum absolute atomic E-state index is 2.39. The first kappa shape index (κ1) is 25.6. The average molecular weight is 504 g/mol. The van der Waals surface area contributed by atoms with Gasteiger partial charge in [-0.1, -0.05) is 76.2 Å². The Labute approximate surface area is 227 Å². The van der Waals surface area contributed by atoms with Gasteiger partial charge in [-0.2, -0.15) is 13.7 Å². The Morgan fingerprint density at radius 3 is 1.84 bits per heavy atom. The summed E-state index contributed by atoms with van der Waals surface area (Å²) < 4.78 is 9.17. The fraction of sp³-hybridized carbons (Fsp3) is 0.265. The van der Waals surface area contributed by atoms with Crippen molar-refractivity contribution in [1.29, 1.82) is 0 Å². The van der Waals surface area contributed by atoms with Gasteiger partial charge >= 0.3 is 5.82 Å². The van der Waals surface area contributed by atoms with Gasteiger partial charge in [0.1, 0.15) is 32.2 Å². The van der Waals surface area contributed by atoms with Crippen LogP contribution in [0.25, 0.3) is 39.7 Å². The highest BCUT2D eigenvalue weighted by Gasteiger charge is 2.33. The molecule has 2 aromatic carbocycles. The van der Waals surface area contributed by atoms with Gasteiger partial charge in [-0.05, 0) is 29.5 Å². The average Bonchev–Trinajstić information content (AvgIpc) is 3.29. The molecule has 0 spiro atoms. The number of aryl methyl sites for hydroxylation is 2. The number of imidazole rings is 1. The van der Waals surface area contributed by atoms with Crippen molar-refractivity contribution < 1.29 is 13.7 Å². The van der Waals surface area contributed by atoms with Crippen molar-refractivity contribution in [3.8, 4) is 39.7 Å². The first-order valence-corrected chi connectivity index (χ1v) is 13.5. The fourth-order valence-corrected chi connectivity index (χ4v) is 5.49. The molecule has 0 saturated carbocycles. The monoisotopic (exact) mass is 503 g/mol. The van der Waals surface area contributed by atoms with Crippen LogP contribution in [0.1, 0.15) is 50.7 Å². The first-order valence-electron chi connectivity index (χ1n) is 13.5. The van der Waals surface area contributed by atoms with Crippen LogP contribution < -0.4 is 13.7 Å². The van der Waals surface area contributed by atoms with Gasteiger partial charge in [0.25, 0.3) is 17.1 Å². The summed E-state index contributed by atoms with van der Waals surface area (Å²) in [6.45, 7) is 9.13. The minimum Gasteiger partial charge on any atom is -0.227 e. The summed E-state index contributed by atoms with van der Waals surface area (Å²) in [6.07, 6.45) is 6.59. The lowest BCUT2D eigenvalue weighted by Gasteiger charge is -2.17. The lowest BCUT2D eigenvalue weighted by molar-refractivity contribution is -0.697. The van der Waals surface area contributed by atoms with E-state index in [0.717, 1.165) is 11.5 Å². The van der Waals surface area contributed by atoms with E-state index in [9.17, 15) is 0 Å². The van der Waals surface area contributed by atoms with Crippen molar-refractivity contribution in [2.24, 2.45) is 21.1 Å². The molecule has 4 heteroatoms. The molecular formula is C34H39N4+3. The van der Waals surface area contributed by atoms with E-state index in [4.69, 9.17) is 0 Å². The van der Waals surface area contributed by atoms with Crippen molar-refractivity contribution in [3.05, 3.63) is 109 Å². The molecule has 0 N–H and O–H groups in total. The van der Waals surface area contributed by atoms with Crippen molar-refractivity contribution in [1.82, 2.24) is 4.57 Å². The molecule has 38 heavy (non-hydrogen) atoms. The van der Waals surface area contributed by atoms with Crippen molar-refractivity contribution in [2.45, 2.75) is 39.5 Å². The van der Waals surface area contributed by atoms with E-state index in [1.807, 2.05) is 0 Å². The Balaban J connectivity index is 1.67. The van der Waals surface area contributed by atoms with Gasteiger partial charge in [-0.15, -0.1) is 0 Å². The third kappa shape index (κ3) is 4.56.